The summed E-state index contributed by atoms with van der Waals surface area (Å²) in [7, 11) is 0. The van der Waals surface area contributed by atoms with Gasteiger partial charge < -0.3 is 0 Å². The molecule has 0 spiro atoms. The predicted molar refractivity (Wildman–Crippen MR) is 95.7 cm³/mol. The van der Waals surface area contributed by atoms with E-state index >= 15 is 0 Å². The van der Waals surface area contributed by atoms with E-state index < -0.39 is 0 Å². The van der Waals surface area contributed by atoms with Crippen LogP contribution in [0.15, 0.2) is 30.3 Å². The molecule has 0 bridgehead atoms. The van der Waals surface area contributed by atoms with Gasteiger partial charge in [0.15, 0.2) is 0 Å². The number of hydrogen-bond acceptors (Lipinski definition) is 0. The highest BCUT2D eigenvalue weighted by molar-refractivity contribution is 5.22. The fraction of sp³-hybridized carbons (Fsp3) is 0.714. The van der Waals surface area contributed by atoms with Crippen molar-refractivity contribution < 1.29 is 0 Å². The lowest BCUT2D eigenvalue weighted by Crippen LogP contribution is -2.38. The Morgan fingerprint density at radius 1 is 0.810 bits per heavy atom. The highest BCUT2D eigenvalue weighted by Crippen LogP contribution is 2.52. The van der Waals surface area contributed by atoms with Crippen molar-refractivity contribution >= 4 is 0 Å². The van der Waals surface area contributed by atoms with Crippen LogP contribution in [0.3, 0.4) is 0 Å². The van der Waals surface area contributed by atoms with Crippen LogP contribution in [0.4, 0.5) is 0 Å². The molecule has 0 saturated heterocycles. The van der Waals surface area contributed by atoms with E-state index in [0.29, 0.717) is 22.7 Å². The van der Waals surface area contributed by atoms with Crippen LogP contribution in [0, 0.1) is 22.2 Å². The van der Waals surface area contributed by atoms with Gasteiger partial charge >= 0.3 is 0 Å². The molecule has 0 N–H and O–H groups in total. The first kappa shape index (κ1) is 18.3. The summed E-state index contributed by atoms with van der Waals surface area (Å²) < 4.78 is 0. The molecule has 2 atom stereocenters. The SMILES string of the molecule is CC(C(C)(C)C)C(C)(C)C(CC(C)(C)C)c1ccccc1. The Balaban J connectivity index is 3.24. The van der Waals surface area contributed by atoms with Gasteiger partial charge in [-0.1, -0.05) is 92.6 Å². The molecule has 0 heteroatoms. The average molecular weight is 289 g/mol. The van der Waals surface area contributed by atoms with Gasteiger partial charge in [-0.05, 0) is 40.1 Å². The Bertz CT molecular complexity index is 425. The summed E-state index contributed by atoms with van der Waals surface area (Å²) in [5.74, 6) is 1.24. The largest absolute Gasteiger partial charge is 0.0622 e. The molecule has 0 radical (unpaired) electrons. The van der Waals surface area contributed by atoms with E-state index in [4.69, 9.17) is 0 Å². The van der Waals surface area contributed by atoms with Crippen LogP contribution in [0.1, 0.15) is 80.2 Å². The zero-order valence-electron chi connectivity index (χ0n) is 15.7. The maximum Gasteiger partial charge on any atom is -0.0103 e. The molecule has 1 rings (SSSR count). The van der Waals surface area contributed by atoms with Crippen LogP contribution in [0.2, 0.25) is 0 Å². The van der Waals surface area contributed by atoms with E-state index in [9.17, 15) is 0 Å². The van der Waals surface area contributed by atoms with Crippen LogP contribution in [-0.2, 0) is 0 Å². The Morgan fingerprint density at radius 2 is 1.29 bits per heavy atom. The third-order valence-electron chi connectivity index (χ3n) is 5.33. The van der Waals surface area contributed by atoms with Crippen LogP contribution >= 0.6 is 0 Å². The molecule has 0 saturated carbocycles. The van der Waals surface area contributed by atoms with Crippen molar-refractivity contribution in [1.29, 1.82) is 0 Å². The fourth-order valence-electron chi connectivity index (χ4n) is 3.53. The molecular weight excluding hydrogens is 252 g/mol. The first-order chi connectivity index (χ1) is 9.36. The maximum atomic E-state index is 2.46. The fourth-order valence-corrected chi connectivity index (χ4v) is 3.53. The monoisotopic (exact) mass is 288 g/mol. The Kier molecular flexibility index (Phi) is 5.35. The van der Waals surface area contributed by atoms with Crippen molar-refractivity contribution in [3.8, 4) is 0 Å². The van der Waals surface area contributed by atoms with E-state index in [0.717, 1.165) is 0 Å². The molecule has 2 unspecified atom stereocenters. The third kappa shape index (κ3) is 4.87. The van der Waals surface area contributed by atoms with Gasteiger partial charge in [-0.25, -0.2) is 0 Å². The summed E-state index contributed by atoms with van der Waals surface area (Å²) in [6.45, 7) is 21.6. The molecule has 0 amide bonds. The topological polar surface area (TPSA) is 0 Å². The minimum Gasteiger partial charge on any atom is -0.0622 e. The zero-order valence-corrected chi connectivity index (χ0v) is 15.7. The summed E-state index contributed by atoms with van der Waals surface area (Å²) in [4.78, 5) is 0. The van der Waals surface area contributed by atoms with Gasteiger partial charge in [-0.2, -0.15) is 0 Å². The van der Waals surface area contributed by atoms with Crippen molar-refractivity contribution in [3.63, 3.8) is 0 Å². The van der Waals surface area contributed by atoms with Crippen molar-refractivity contribution in [3.05, 3.63) is 35.9 Å². The molecule has 1 aromatic carbocycles. The van der Waals surface area contributed by atoms with Crippen LogP contribution in [-0.4, -0.2) is 0 Å². The molecule has 1 aromatic rings. The Hall–Kier alpha value is -0.780. The molecule has 0 aromatic heterocycles. The second-order valence-electron chi connectivity index (χ2n) is 9.64. The van der Waals surface area contributed by atoms with E-state index in [1.807, 2.05) is 0 Å². The van der Waals surface area contributed by atoms with Crippen molar-refractivity contribution in [2.24, 2.45) is 22.2 Å². The zero-order chi connectivity index (χ0) is 16.5. The molecule has 0 heterocycles. The van der Waals surface area contributed by atoms with Gasteiger partial charge in [0.25, 0.3) is 0 Å². The number of benzene rings is 1. The smallest absolute Gasteiger partial charge is 0.0103 e. The van der Waals surface area contributed by atoms with E-state index in [1.165, 1.54) is 12.0 Å². The van der Waals surface area contributed by atoms with Gasteiger partial charge in [0.2, 0.25) is 0 Å². The van der Waals surface area contributed by atoms with Gasteiger partial charge in [-0.15, -0.1) is 0 Å². The van der Waals surface area contributed by atoms with Crippen LogP contribution in [0.5, 0.6) is 0 Å². The quantitative estimate of drug-likeness (QED) is 0.564. The summed E-state index contributed by atoms with van der Waals surface area (Å²) in [6, 6.07) is 11.1. The molecule has 0 nitrogen and oxygen atoms in total. The molecule has 21 heavy (non-hydrogen) atoms. The van der Waals surface area contributed by atoms with Gasteiger partial charge in [-0.3, -0.25) is 0 Å². The van der Waals surface area contributed by atoms with Crippen LogP contribution in [0.25, 0.3) is 0 Å². The predicted octanol–water partition coefficient (Wildman–Crippen LogP) is 6.91. The van der Waals surface area contributed by atoms with Crippen LogP contribution < -0.4 is 0 Å². The summed E-state index contributed by atoms with van der Waals surface area (Å²) in [5.41, 5.74) is 2.44. The lowest BCUT2D eigenvalue weighted by atomic mass is 9.57. The first-order valence-electron chi connectivity index (χ1n) is 8.40. The van der Waals surface area contributed by atoms with Crippen molar-refractivity contribution in [1.82, 2.24) is 0 Å². The summed E-state index contributed by atoms with van der Waals surface area (Å²) >= 11 is 0. The molecule has 0 fully saturated rings. The second kappa shape index (κ2) is 6.15. The van der Waals surface area contributed by atoms with Gasteiger partial charge in [0, 0.05) is 0 Å². The second-order valence-corrected chi connectivity index (χ2v) is 9.64. The third-order valence-corrected chi connectivity index (χ3v) is 5.33. The highest BCUT2D eigenvalue weighted by Gasteiger charge is 2.42. The summed E-state index contributed by atoms with van der Waals surface area (Å²) in [6.07, 6.45) is 1.23. The molecular formula is C21H36. The number of hydrogen-bond donors (Lipinski definition) is 0. The number of rotatable bonds is 4. The molecule has 0 aliphatic rings. The van der Waals surface area contributed by atoms with Gasteiger partial charge in [0.05, 0.1) is 0 Å². The minimum atomic E-state index is 0.271. The van der Waals surface area contributed by atoms with E-state index in [-0.39, 0.29) is 5.41 Å². The maximum absolute atomic E-state index is 2.46. The summed E-state index contributed by atoms with van der Waals surface area (Å²) in [5, 5.41) is 0. The van der Waals surface area contributed by atoms with Crippen molar-refractivity contribution in [2.75, 3.05) is 0 Å². The first-order valence-corrected chi connectivity index (χ1v) is 8.40. The standard InChI is InChI=1S/C21H36/c1-16(20(5,6)7)21(8,9)18(15-19(2,3)4)17-13-11-10-12-14-17/h10-14,16,18H,15H2,1-9H3. The lowest BCUT2D eigenvalue weighted by Gasteiger charge is -2.47. The minimum absolute atomic E-state index is 0.271. The normalized spacial score (nSPS) is 16.6. The van der Waals surface area contributed by atoms with Crippen molar-refractivity contribution in [2.45, 2.75) is 74.7 Å². The highest BCUT2D eigenvalue weighted by atomic mass is 14.5. The van der Waals surface area contributed by atoms with Gasteiger partial charge in [0.1, 0.15) is 0 Å². The lowest BCUT2D eigenvalue weighted by molar-refractivity contribution is 0.0599. The Morgan fingerprint density at radius 3 is 1.67 bits per heavy atom. The molecule has 0 aliphatic heterocycles. The molecule has 0 aliphatic carbocycles. The van der Waals surface area contributed by atoms with E-state index in [2.05, 4.69) is 92.6 Å². The average Bonchev–Trinajstić information content (AvgIpc) is 2.34. The molecule has 120 valence electrons. The Labute approximate surface area is 133 Å². The van der Waals surface area contributed by atoms with E-state index in [1.54, 1.807) is 0 Å².